The highest BCUT2D eigenvalue weighted by atomic mass is 32.1. The summed E-state index contributed by atoms with van der Waals surface area (Å²) < 4.78 is 45.1. The SMILES string of the molecule is CN(C)c1nc2sc(C(=O)OCC(=O)Nc3ccc([N+](=O)[O-])cc3C(F)(F)F)cc2s1. The van der Waals surface area contributed by atoms with Crippen LogP contribution in [-0.4, -0.2) is 42.5 Å². The normalized spacial score (nSPS) is 11.4. The molecule has 2 heterocycles. The molecule has 0 aliphatic rings. The first kappa shape index (κ1) is 22.4. The van der Waals surface area contributed by atoms with Crippen molar-refractivity contribution in [2.75, 3.05) is 30.9 Å². The number of fused-ring (bicyclic) bond motifs is 1. The molecular weight excluding hydrogens is 461 g/mol. The fourth-order valence-electron chi connectivity index (χ4n) is 2.39. The molecule has 0 bridgehead atoms. The maximum Gasteiger partial charge on any atom is 0.418 e. The van der Waals surface area contributed by atoms with Crippen LogP contribution in [0.25, 0.3) is 9.53 Å². The van der Waals surface area contributed by atoms with E-state index in [1.807, 2.05) is 24.3 Å². The van der Waals surface area contributed by atoms with Gasteiger partial charge in [0.1, 0.15) is 9.71 Å². The van der Waals surface area contributed by atoms with E-state index in [2.05, 4.69) is 4.98 Å². The molecule has 0 radical (unpaired) electrons. The zero-order valence-electron chi connectivity index (χ0n) is 15.8. The number of thiophene rings is 1. The van der Waals surface area contributed by atoms with Crippen LogP contribution in [0.5, 0.6) is 0 Å². The quantitative estimate of drug-likeness (QED) is 0.324. The summed E-state index contributed by atoms with van der Waals surface area (Å²) in [5.41, 5.74) is -2.85. The van der Waals surface area contributed by atoms with Crippen LogP contribution in [0.15, 0.2) is 24.3 Å². The molecule has 1 aromatic carbocycles. The Morgan fingerprint density at radius 3 is 2.55 bits per heavy atom. The summed E-state index contributed by atoms with van der Waals surface area (Å²) in [7, 11) is 3.65. The minimum Gasteiger partial charge on any atom is -0.451 e. The Hall–Kier alpha value is -3.26. The maximum absolute atomic E-state index is 13.2. The van der Waals surface area contributed by atoms with Crippen LogP contribution in [-0.2, 0) is 15.7 Å². The molecular formula is C17H13F3N4O5S2. The Balaban J connectivity index is 1.66. The molecule has 3 rings (SSSR count). The number of hydrogen-bond acceptors (Lipinski definition) is 9. The summed E-state index contributed by atoms with van der Waals surface area (Å²) >= 11 is 2.42. The number of aromatic nitrogens is 1. The average molecular weight is 474 g/mol. The summed E-state index contributed by atoms with van der Waals surface area (Å²) in [4.78, 5) is 40.8. The van der Waals surface area contributed by atoms with E-state index in [1.54, 1.807) is 6.07 Å². The van der Waals surface area contributed by atoms with Crippen LogP contribution in [0.2, 0.25) is 0 Å². The summed E-state index contributed by atoms with van der Waals surface area (Å²) in [6.45, 7) is -0.838. The topological polar surface area (TPSA) is 115 Å². The average Bonchev–Trinajstić information content (AvgIpc) is 3.24. The highest BCUT2D eigenvalue weighted by molar-refractivity contribution is 7.29. The molecule has 0 unspecified atom stereocenters. The van der Waals surface area contributed by atoms with Gasteiger partial charge in [-0.15, -0.1) is 11.3 Å². The van der Waals surface area contributed by atoms with E-state index in [9.17, 15) is 32.9 Å². The number of nitrogens with zero attached hydrogens (tertiary/aromatic N) is 3. The zero-order chi connectivity index (χ0) is 22.9. The van der Waals surface area contributed by atoms with Crippen LogP contribution in [0, 0.1) is 10.1 Å². The van der Waals surface area contributed by atoms with E-state index >= 15 is 0 Å². The van der Waals surface area contributed by atoms with Crippen molar-refractivity contribution in [3.63, 3.8) is 0 Å². The standard InChI is InChI=1S/C17H13F3N4O5S2/c1-23(2)16-22-14-11(31-16)6-12(30-14)15(26)29-7-13(25)21-10-4-3-8(24(27)28)5-9(10)17(18,19)20/h3-6H,7H2,1-2H3,(H,21,25). The number of rotatable bonds is 6. The van der Waals surface area contributed by atoms with Crippen molar-refractivity contribution in [3.05, 3.63) is 44.8 Å². The van der Waals surface area contributed by atoms with Gasteiger partial charge in [0.2, 0.25) is 0 Å². The van der Waals surface area contributed by atoms with Crippen molar-refractivity contribution in [2.45, 2.75) is 6.18 Å². The molecule has 0 aliphatic heterocycles. The first-order valence-electron chi connectivity index (χ1n) is 8.36. The third kappa shape index (κ3) is 5.08. The van der Waals surface area contributed by atoms with Crippen LogP contribution in [0.1, 0.15) is 15.2 Å². The lowest BCUT2D eigenvalue weighted by Crippen LogP contribution is -2.22. The molecule has 1 amide bonds. The predicted octanol–water partition coefficient (Wildman–Crippen LogP) is 4.15. The molecule has 0 saturated carbocycles. The molecule has 1 N–H and O–H groups in total. The smallest absolute Gasteiger partial charge is 0.418 e. The Morgan fingerprint density at radius 1 is 1.26 bits per heavy atom. The molecule has 0 aliphatic carbocycles. The Kier molecular flexibility index (Phi) is 6.13. The number of nitro groups is 1. The number of halogens is 3. The van der Waals surface area contributed by atoms with Gasteiger partial charge in [0.15, 0.2) is 11.7 Å². The zero-order valence-corrected chi connectivity index (χ0v) is 17.5. The second-order valence-electron chi connectivity index (χ2n) is 6.28. The van der Waals surface area contributed by atoms with Crippen LogP contribution >= 0.6 is 22.7 Å². The first-order chi connectivity index (χ1) is 14.5. The number of esters is 1. The lowest BCUT2D eigenvalue weighted by atomic mass is 10.1. The van der Waals surface area contributed by atoms with Crippen molar-refractivity contribution >= 4 is 60.6 Å². The summed E-state index contributed by atoms with van der Waals surface area (Å²) in [5, 5.41) is 13.4. The van der Waals surface area contributed by atoms with Gasteiger partial charge in [-0.25, -0.2) is 9.78 Å². The van der Waals surface area contributed by atoms with E-state index in [1.165, 1.54) is 11.3 Å². The Morgan fingerprint density at radius 2 is 1.97 bits per heavy atom. The molecule has 3 aromatic rings. The third-order valence-corrected chi connectivity index (χ3v) is 6.10. The van der Waals surface area contributed by atoms with E-state index < -0.39 is 46.5 Å². The van der Waals surface area contributed by atoms with Gasteiger partial charge in [0, 0.05) is 26.2 Å². The van der Waals surface area contributed by atoms with Gasteiger partial charge in [0.05, 0.1) is 20.9 Å². The fourth-order valence-corrected chi connectivity index (χ4v) is 4.42. The van der Waals surface area contributed by atoms with Gasteiger partial charge in [0.25, 0.3) is 11.6 Å². The van der Waals surface area contributed by atoms with Crippen LogP contribution in [0.4, 0.5) is 29.7 Å². The van der Waals surface area contributed by atoms with Crippen molar-refractivity contribution in [2.24, 2.45) is 0 Å². The number of amides is 1. The highest BCUT2D eigenvalue weighted by Crippen LogP contribution is 2.37. The van der Waals surface area contributed by atoms with E-state index in [-0.39, 0.29) is 4.88 Å². The molecule has 0 saturated heterocycles. The highest BCUT2D eigenvalue weighted by Gasteiger charge is 2.35. The van der Waals surface area contributed by atoms with Gasteiger partial charge in [-0.05, 0) is 12.1 Å². The molecule has 2 aromatic heterocycles. The molecule has 0 atom stereocenters. The van der Waals surface area contributed by atoms with Crippen LogP contribution < -0.4 is 10.2 Å². The van der Waals surface area contributed by atoms with Gasteiger partial charge in [-0.2, -0.15) is 13.2 Å². The fraction of sp³-hybridized carbons (Fsp3) is 0.235. The number of nitrogens with one attached hydrogen (secondary N) is 1. The van der Waals surface area contributed by atoms with Gasteiger partial charge < -0.3 is 15.0 Å². The molecule has 31 heavy (non-hydrogen) atoms. The minimum atomic E-state index is -4.94. The van der Waals surface area contributed by atoms with Crippen molar-refractivity contribution in [3.8, 4) is 0 Å². The summed E-state index contributed by atoms with van der Waals surface area (Å²) in [6.07, 6.45) is -4.94. The minimum absolute atomic E-state index is 0.193. The van der Waals surface area contributed by atoms with E-state index in [0.717, 1.165) is 33.3 Å². The number of thiazole rings is 1. The molecule has 164 valence electrons. The second kappa shape index (κ2) is 8.47. The van der Waals surface area contributed by atoms with Crippen molar-refractivity contribution in [1.82, 2.24) is 4.98 Å². The third-order valence-electron chi connectivity index (χ3n) is 3.79. The van der Waals surface area contributed by atoms with Gasteiger partial charge in [-0.1, -0.05) is 11.3 Å². The number of carbonyl (C=O) groups is 2. The predicted molar refractivity (Wildman–Crippen MR) is 109 cm³/mol. The Bertz CT molecular complexity index is 1140. The maximum atomic E-state index is 13.2. The lowest BCUT2D eigenvalue weighted by molar-refractivity contribution is -0.385. The number of hydrogen-bond donors (Lipinski definition) is 1. The second-order valence-corrected chi connectivity index (χ2v) is 8.32. The van der Waals surface area contributed by atoms with E-state index in [4.69, 9.17) is 4.74 Å². The monoisotopic (exact) mass is 474 g/mol. The number of anilines is 2. The Labute approximate surface area is 180 Å². The first-order valence-corrected chi connectivity index (χ1v) is 9.99. The van der Waals surface area contributed by atoms with Crippen molar-refractivity contribution in [1.29, 1.82) is 0 Å². The van der Waals surface area contributed by atoms with Gasteiger partial charge >= 0.3 is 12.1 Å². The molecule has 0 fully saturated rings. The molecule has 0 spiro atoms. The number of non-ortho nitro benzene ring substituents is 1. The number of ether oxygens (including phenoxy) is 1. The van der Waals surface area contributed by atoms with Crippen LogP contribution in [0.3, 0.4) is 0 Å². The number of nitro benzene ring substituents is 1. The summed E-state index contributed by atoms with van der Waals surface area (Å²) in [5.74, 6) is -1.85. The number of carbonyl (C=O) groups excluding carboxylic acids is 2. The van der Waals surface area contributed by atoms with E-state index in [0.29, 0.717) is 10.9 Å². The molecule has 9 nitrogen and oxygen atoms in total. The number of benzene rings is 1. The lowest BCUT2D eigenvalue weighted by Gasteiger charge is -2.13. The largest absolute Gasteiger partial charge is 0.451 e. The van der Waals surface area contributed by atoms with Gasteiger partial charge in [-0.3, -0.25) is 14.9 Å². The molecule has 14 heteroatoms. The van der Waals surface area contributed by atoms with Crippen molar-refractivity contribution < 1.29 is 32.4 Å². The summed E-state index contributed by atoms with van der Waals surface area (Å²) in [6, 6.07) is 3.46. The number of alkyl halides is 3.